The van der Waals surface area contributed by atoms with Crippen molar-refractivity contribution in [1.29, 1.82) is 0 Å². The minimum atomic E-state index is -3.08. The van der Waals surface area contributed by atoms with Crippen LogP contribution in [-0.4, -0.2) is 31.7 Å². The largest absolute Gasteiger partial charge is 0.493 e. The third-order valence-electron chi connectivity index (χ3n) is 3.46. The van der Waals surface area contributed by atoms with Crippen molar-refractivity contribution in [3.63, 3.8) is 0 Å². The highest BCUT2D eigenvalue weighted by Crippen LogP contribution is 2.29. The van der Waals surface area contributed by atoms with Gasteiger partial charge in [-0.1, -0.05) is 0 Å². The molecule has 0 aliphatic rings. The molecule has 0 aliphatic carbocycles. The lowest BCUT2D eigenvalue weighted by Crippen LogP contribution is -2.30. The molecule has 0 bridgehead atoms. The summed E-state index contributed by atoms with van der Waals surface area (Å²) in [7, 11) is 1.20. The molecule has 0 saturated heterocycles. The molecule has 150 valence electrons. The number of halogens is 4. The lowest BCUT2D eigenvalue weighted by Gasteiger charge is -2.15. The number of ether oxygens (including phenoxy) is 3. The number of benzene rings is 2. The van der Waals surface area contributed by atoms with Gasteiger partial charge < -0.3 is 19.5 Å². The van der Waals surface area contributed by atoms with Crippen molar-refractivity contribution in [2.75, 3.05) is 12.4 Å². The first-order valence-corrected chi connectivity index (χ1v) is 7.81. The smallest absolute Gasteiger partial charge is 0.387 e. The van der Waals surface area contributed by atoms with Crippen molar-refractivity contribution in [2.24, 2.45) is 0 Å². The summed E-state index contributed by atoms with van der Waals surface area (Å²) in [4.78, 5) is 24.2. The maximum Gasteiger partial charge on any atom is 0.387 e. The number of carbonyl (C=O) groups is 2. The van der Waals surface area contributed by atoms with E-state index >= 15 is 0 Å². The fourth-order valence-corrected chi connectivity index (χ4v) is 2.09. The number of anilines is 1. The second kappa shape index (κ2) is 9.07. The highest BCUT2D eigenvalue weighted by molar-refractivity contribution is 5.97. The minimum absolute atomic E-state index is 0.0260. The predicted molar refractivity (Wildman–Crippen MR) is 89.5 cm³/mol. The molecule has 1 N–H and O–H groups in total. The fraction of sp³-hybridized carbons (Fsp3) is 0.222. The first-order valence-electron chi connectivity index (χ1n) is 7.81. The quantitative estimate of drug-likeness (QED) is 0.565. The summed E-state index contributed by atoms with van der Waals surface area (Å²) in [6.07, 6.45) is -1.29. The van der Waals surface area contributed by atoms with Gasteiger partial charge in [-0.15, -0.1) is 0 Å². The Morgan fingerprint density at radius 1 is 1.00 bits per heavy atom. The summed E-state index contributed by atoms with van der Waals surface area (Å²) in [6.45, 7) is -1.81. The second-order valence-electron chi connectivity index (χ2n) is 5.41. The van der Waals surface area contributed by atoms with E-state index < -0.39 is 36.2 Å². The Morgan fingerprint density at radius 2 is 1.71 bits per heavy atom. The number of alkyl halides is 2. The van der Waals surface area contributed by atoms with E-state index in [2.05, 4.69) is 10.1 Å². The average molecular weight is 401 g/mol. The molecule has 0 heterocycles. The number of nitrogens with one attached hydrogen (secondary N) is 1. The highest BCUT2D eigenvalue weighted by atomic mass is 19.3. The zero-order chi connectivity index (χ0) is 20.8. The molecule has 2 aromatic rings. The Morgan fingerprint density at radius 3 is 2.32 bits per heavy atom. The molecule has 2 rings (SSSR count). The Balaban J connectivity index is 2.04. The third-order valence-corrected chi connectivity index (χ3v) is 3.46. The molecule has 2 aromatic carbocycles. The summed E-state index contributed by atoms with van der Waals surface area (Å²) in [5.74, 6) is -4.36. The number of amides is 1. The standard InChI is InChI=1S/C18H15F4NO5/c1-9(16(24)23-11-4-5-12(19)13(20)8-11)27-17(25)10-3-6-14(28-18(21)22)15(7-10)26-2/h3-9,18H,1-2H3,(H,23,24)/t9-/m0/s1. The van der Waals surface area contributed by atoms with Crippen LogP contribution in [-0.2, 0) is 9.53 Å². The summed E-state index contributed by atoms with van der Waals surface area (Å²) >= 11 is 0. The summed E-state index contributed by atoms with van der Waals surface area (Å²) in [6, 6.07) is 6.10. The highest BCUT2D eigenvalue weighted by Gasteiger charge is 2.21. The topological polar surface area (TPSA) is 73.9 Å². The minimum Gasteiger partial charge on any atom is -0.493 e. The lowest BCUT2D eigenvalue weighted by atomic mass is 10.2. The van der Waals surface area contributed by atoms with E-state index in [0.717, 1.165) is 36.4 Å². The van der Waals surface area contributed by atoms with Gasteiger partial charge in [0.15, 0.2) is 29.2 Å². The number of hydrogen-bond donors (Lipinski definition) is 1. The van der Waals surface area contributed by atoms with Gasteiger partial charge in [-0.2, -0.15) is 8.78 Å². The molecule has 0 unspecified atom stereocenters. The van der Waals surface area contributed by atoms with Crippen molar-refractivity contribution in [3.8, 4) is 11.5 Å². The Kier molecular flexibility index (Phi) is 6.80. The molecule has 1 atom stereocenters. The summed E-state index contributed by atoms with van der Waals surface area (Å²) in [5.41, 5.74) is -0.104. The van der Waals surface area contributed by atoms with Crippen molar-refractivity contribution < 1.29 is 41.4 Å². The fourth-order valence-electron chi connectivity index (χ4n) is 2.09. The molecule has 6 nitrogen and oxygen atoms in total. The van der Waals surface area contributed by atoms with E-state index in [1.807, 2.05) is 0 Å². The molecule has 1 amide bonds. The maximum absolute atomic E-state index is 13.2. The van der Waals surface area contributed by atoms with Gasteiger partial charge in [0.25, 0.3) is 5.91 Å². The number of esters is 1. The van der Waals surface area contributed by atoms with E-state index in [1.165, 1.54) is 14.0 Å². The lowest BCUT2D eigenvalue weighted by molar-refractivity contribution is -0.123. The van der Waals surface area contributed by atoms with Gasteiger partial charge in [-0.25, -0.2) is 13.6 Å². The normalized spacial score (nSPS) is 11.7. The maximum atomic E-state index is 13.2. The van der Waals surface area contributed by atoms with Crippen LogP contribution in [0.3, 0.4) is 0 Å². The van der Waals surface area contributed by atoms with Crippen molar-refractivity contribution in [3.05, 3.63) is 53.6 Å². The van der Waals surface area contributed by atoms with Crippen LogP contribution in [0.4, 0.5) is 23.2 Å². The predicted octanol–water partition coefficient (Wildman–Crippen LogP) is 3.76. The van der Waals surface area contributed by atoms with Gasteiger partial charge in [-0.05, 0) is 37.3 Å². The van der Waals surface area contributed by atoms with Crippen LogP contribution < -0.4 is 14.8 Å². The van der Waals surface area contributed by atoms with Crippen LogP contribution >= 0.6 is 0 Å². The van der Waals surface area contributed by atoms with E-state index in [-0.39, 0.29) is 22.7 Å². The molecule has 0 saturated carbocycles. The van der Waals surface area contributed by atoms with Gasteiger partial charge in [0.2, 0.25) is 0 Å². The molecule has 0 aliphatic heterocycles. The van der Waals surface area contributed by atoms with Crippen molar-refractivity contribution in [1.82, 2.24) is 0 Å². The van der Waals surface area contributed by atoms with Gasteiger partial charge in [0, 0.05) is 11.8 Å². The molecular formula is C18H15F4NO5. The van der Waals surface area contributed by atoms with Crippen molar-refractivity contribution in [2.45, 2.75) is 19.6 Å². The molecule has 28 heavy (non-hydrogen) atoms. The van der Waals surface area contributed by atoms with E-state index in [0.29, 0.717) is 0 Å². The molecule has 10 heteroatoms. The Labute approximate surface area is 157 Å². The first-order chi connectivity index (χ1) is 13.2. The number of rotatable bonds is 7. The van der Waals surface area contributed by atoms with Gasteiger partial charge in [-0.3, -0.25) is 4.79 Å². The molecule has 0 spiro atoms. The Hall–Kier alpha value is -3.30. The number of methoxy groups -OCH3 is 1. The van der Waals surface area contributed by atoms with E-state index in [1.54, 1.807) is 0 Å². The second-order valence-corrected chi connectivity index (χ2v) is 5.41. The van der Waals surface area contributed by atoms with Crippen molar-refractivity contribution >= 4 is 17.6 Å². The van der Waals surface area contributed by atoms with E-state index in [9.17, 15) is 27.2 Å². The van der Waals surface area contributed by atoms with Crippen LogP contribution in [0.5, 0.6) is 11.5 Å². The average Bonchev–Trinajstić information content (AvgIpc) is 2.64. The Bertz CT molecular complexity index is 875. The molecule has 0 aromatic heterocycles. The monoisotopic (exact) mass is 401 g/mol. The van der Waals surface area contributed by atoms with Crippen LogP contribution in [0.15, 0.2) is 36.4 Å². The SMILES string of the molecule is COc1cc(C(=O)O[C@@H](C)C(=O)Nc2ccc(F)c(F)c2)ccc1OC(F)F. The molecular weight excluding hydrogens is 386 g/mol. The number of hydrogen-bond acceptors (Lipinski definition) is 5. The van der Waals surface area contributed by atoms with Crippen LogP contribution in [0.2, 0.25) is 0 Å². The zero-order valence-electron chi connectivity index (χ0n) is 14.7. The van der Waals surface area contributed by atoms with Gasteiger partial charge in [0.1, 0.15) is 0 Å². The van der Waals surface area contributed by atoms with Gasteiger partial charge >= 0.3 is 12.6 Å². The van der Waals surface area contributed by atoms with Gasteiger partial charge in [0.05, 0.1) is 12.7 Å². The van der Waals surface area contributed by atoms with Crippen LogP contribution in [0.1, 0.15) is 17.3 Å². The van der Waals surface area contributed by atoms with Crippen LogP contribution in [0.25, 0.3) is 0 Å². The summed E-state index contributed by atoms with van der Waals surface area (Å²) < 4.78 is 64.8. The third kappa shape index (κ3) is 5.35. The van der Waals surface area contributed by atoms with Crippen LogP contribution in [0, 0.1) is 11.6 Å². The van der Waals surface area contributed by atoms with E-state index in [4.69, 9.17) is 9.47 Å². The zero-order valence-corrected chi connectivity index (χ0v) is 14.7. The summed E-state index contributed by atoms with van der Waals surface area (Å²) in [5, 5.41) is 2.27. The molecule has 0 radical (unpaired) electrons. The first kappa shape index (κ1) is 21.0. The molecule has 0 fully saturated rings. The number of carbonyl (C=O) groups excluding carboxylic acids is 2.